The molecule has 0 unspecified atom stereocenters. The lowest BCUT2D eigenvalue weighted by Gasteiger charge is -2.29. The number of rotatable bonds is 3. The fraction of sp³-hybridized carbons (Fsp3) is 0.421. The van der Waals surface area contributed by atoms with Crippen LogP contribution in [0.15, 0.2) is 42.0 Å². The molecular formula is C19H21F. The van der Waals surface area contributed by atoms with E-state index in [-0.39, 0.29) is 5.82 Å². The molecule has 0 N–H and O–H groups in total. The van der Waals surface area contributed by atoms with E-state index in [4.69, 9.17) is 0 Å². The Balaban J connectivity index is 1.65. The zero-order valence-electron chi connectivity index (χ0n) is 11.9. The molecule has 0 aromatic heterocycles. The molecule has 0 nitrogen and oxygen atoms in total. The largest absolute Gasteiger partial charge is 0.207 e. The van der Waals surface area contributed by atoms with E-state index in [0.717, 1.165) is 17.9 Å². The minimum atomic E-state index is -0.101. The lowest BCUT2D eigenvalue weighted by atomic mass is 9.75. The van der Waals surface area contributed by atoms with Gasteiger partial charge in [0.25, 0.3) is 0 Å². The van der Waals surface area contributed by atoms with Crippen molar-refractivity contribution in [1.29, 1.82) is 0 Å². The molecule has 0 saturated heterocycles. The van der Waals surface area contributed by atoms with Crippen LogP contribution in [0, 0.1) is 23.7 Å². The molecular weight excluding hydrogens is 247 g/mol. The van der Waals surface area contributed by atoms with Gasteiger partial charge < -0.3 is 0 Å². The van der Waals surface area contributed by atoms with Crippen LogP contribution in [-0.4, -0.2) is 0 Å². The highest BCUT2D eigenvalue weighted by molar-refractivity contribution is 5.32. The van der Waals surface area contributed by atoms with Gasteiger partial charge in [0, 0.05) is 5.92 Å². The Morgan fingerprint density at radius 2 is 1.90 bits per heavy atom. The summed E-state index contributed by atoms with van der Waals surface area (Å²) in [6.45, 7) is 0. The summed E-state index contributed by atoms with van der Waals surface area (Å²) in [5, 5.41) is 0. The molecule has 1 heteroatoms. The SMILES string of the molecule is Fc1ccccc1CC1=[C]C=C[C](C2CCCCC2)C1. The number of allylic oxidation sites excluding steroid dienone is 4. The zero-order valence-corrected chi connectivity index (χ0v) is 11.9. The van der Waals surface area contributed by atoms with Gasteiger partial charge in [0.2, 0.25) is 0 Å². The summed E-state index contributed by atoms with van der Waals surface area (Å²) in [7, 11) is 0. The van der Waals surface area contributed by atoms with E-state index >= 15 is 0 Å². The van der Waals surface area contributed by atoms with E-state index in [0.29, 0.717) is 6.42 Å². The highest BCUT2D eigenvalue weighted by Gasteiger charge is 2.24. The van der Waals surface area contributed by atoms with Crippen LogP contribution < -0.4 is 0 Å². The molecule has 0 atom stereocenters. The Bertz CT molecular complexity index is 506. The zero-order chi connectivity index (χ0) is 13.8. The molecule has 2 aliphatic carbocycles. The number of hydrogen-bond acceptors (Lipinski definition) is 0. The first kappa shape index (κ1) is 13.6. The van der Waals surface area contributed by atoms with Crippen molar-refractivity contribution >= 4 is 0 Å². The van der Waals surface area contributed by atoms with Gasteiger partial charge in [0.1, 0.15) is 5.82 Å². The topological polar surface area (TPSA) is 0 Å². The summed E-state index contributed by atoms with van der Waals surface area (Å²) in [6, 6.07) is 7.07. The molecule has 1 saturated carbocycles. The predicted molar refractivity (Wildman–Crippen MR) is 80.4 cm³/mol. The third-order valence-electron chi connectivity index (χ3n) is 4.49. The van der Waals surface area contributed by atoms with E-state index in [9.17, 15) is 4.39 Å². The quantitative estimate of drug-likeness (QED) is 0.705. The van der Waals surface area contributed by atoms with Crippen LogP contribution in [0.2, 0.25) is 0 Å². The van der Waals surface area contributed by atoms with Gasteiger partial charge in [-0.2, -0.15) is 0 Å². The molecule has 1 fully saturated rings. The molecule has 1 aromatic carbocycles. The van der Waals surface area contributed by atoms with Crippen LogP contribution in [0.5, 0.6) is 0 Å². The second-order valence-electron chi connectivity index (χ2n) is 5.94. The van der Waals surface area contributed by atoms with E-state index in [1.165, 1.54) is 43.6 Å². The van der Waals surface area contributed by atoms with Crippen LogP contribution in [0.1, 0.15) is 44.1 Å². The van der Waals surface area contributed by atoms with Crippen LogP contribution >= 0.6 is 0 Å². The Kier molecular flexibility index (Phi) is 4.34. The molecule has 0 heterocycles. The maximum atomic E-state index is 13.7. The Morgan fingerprint density at radius 3 is 2.70 bits per heavy atom. The van der Waals surface area contributed by atoms with Crippen molar-refractivity contribution in [3.8, 4) is 0 Å². The lowest BCUT2D eigenvalue weighted by molar-refractivity contribution is 0.372. The van der Waals surface area contributed by atoms with Crippen molar-refractivity contribution in [2.75, 3.05) is 0 Å². The number of halogens is 1. The Labute approximate surface area is 121 Å². The van der Waals surface area contributed by atoms with Gasteiger partial charge in [-0.3, -0.25) is 0 Å². The molecule has 20 heavy (non-hydrogen) atoms. The summed E-state index contributed by atoms with van der Waals surface area (Å²) >= 11 is 0. The third-order valence-corrected chi connectivity index (χ3v) is 4.49. The van der Waals surface area contributed by atoms with Crippen molar-refractivity contribution in [3.63, 3.8) is 0 Å². The van der Waals surface area contributed by atoms with Crippen molar-refractivity contribution in [2.24, 2.45) is 5.92 Å². The maximum Gasteiger partial charge on any atom is 0.126 e. The van der Waals surface area contributed by atoms with Gasteiger partial charge in [-0.05, 0) is 49.3 Å². The second-order valence-corrected chi connectivity index (χ2v) is 5.94. The Morgan fingerprint density at radius 1 is 1.10 bits per heavy atom. The summed E-state index contributed by atoms with van der Waals surface area (Å²) in [4.78, 5) is 0. The van der Waals surface area contributed by atoms with Crippen LogP contribution in [0.4, 0.5) is 4.39 Å². The molecule has 2 radical (unpaired) electrons. The van der Waals surface area contributed by atoms with Gasteiger partial charge in [-0.1, -0.05) is 55.2 Å². The first-order chi connectivity index (χ1) is 9.83. The molecule has 3 rings (SSSR count). The monoisotopic (exact) mass is 268 g/mol. The van der Waals surface area contributed by atoms with Crippen molar-refractivity contribution in [3.05, 3.63) is 65.4 Å². The molecule has 0 amide bonds. The van der Waals surface area contributed by atoms with E-state index in [1.54, 1.807) is 12.1 Å². The highest BCUT2D eigenvalue weighted by atomic mass is 19.1. The molecule has 104 valence electrons. The van der Waals surface area contributed by atoms with Crippen molar-refractivity contribution in [1.82, 2.24) is 0 Å². The first-order valence-corrected chi connectivity index (χ1v) is 7.70. The molecule has 0 aliphatic heterocycles. The molecule has 0 bridgehead atoms. The van der Waals surface area contributed by atoms with Crippen LogP contribution in [0.25, 0.3) is 0 Å². The predicted octanol–water partition coefficient (Wildman–Crippen LogP) is 5.21. The normalized spacial score (nSPS) is 20.9. The van der Waals surface area contributed by atoms with Gasteiger partial charge in [-0.25, -0.2) is 4.39 Å². The van der Waals surface area contributed by atoms with Crippen molar-refractivity contribution < 1.29 is 4.39 Å². The summed E-state index contributed by atoms with van der Waals surface area (Å²) in [6.07, 6.45) is 16.0. The summed E-state index contributed by atoms with van der Waals surface area (Å²) in [5.41, 5.74) is 2.01. The molecule has 0 spiro atoms. The van der Waals surface area contributed by atoms with Gasteiger partial charge >= 0.3 is 0 Å². The smallest absolute Gasteiger partial charge is 0.126 e. The lowest BCUT2D eigenvalue weighted by Crippen LogP contribution is -2.17. The van der Waals surface area contributed by atoms with Crippen LogP contribution in [-0.2, 0) is 6.42 Å². The number of hydrogen-bond donors (Lipinski definition) is 0. The fourth-order valence-electron chi connectivity index (χ4n) is 3.36. The van der Waals surface area contributed by atoms with E-state index in [1.807, 2.05) is 18.2 Å². The average Bonchev–Trinajstić information content (AvgIpc) is 2.51. The third kappa shape index (κ3) is 3.20. The summed E-state index contributed by atoms with van der Waals surface area (Å²) in [5.74, 6) is 2.18. The molecule has 2 aliphatic rings. The van der Waals surface area contributed by atoms with Crippen LogP contribution in [0.3, 0.4) is 0 Å². The Hall–Kier alpha value is -1.37. The van der Waals surface area contributed by atoms with Gasteiger partial charge in [0.15, 0.2) is 0 Å². The average molecular weight is 268 g/mol. The summed E-state index contributed by atoms with van der Waals surface area (Å²) < 4.78 is 13.7. The molecule has 1 aromatic rings. The van der Waals surface area contributed by atoms with E-state index < -0.39 is 0 Å². The van der Waals surface area contributed by atoms with E-state index in [2.05, 4.69) is 12.2 Å². The number of benzene rings is 1. The van der Waals surface area contributed by atoms with Gasteiger partial charge in [0.05, 0.1) is 0 Å². The second kappa shape index (κ2) is 6.39. The minimum absolute atomic E-state index is 0.101. The first-order valence-electron chi connectivity index (χ1n) is 7.70. The maximum absolute atomic E-state index is 13.7. The minimum Gasteiger partial charge on any atom is -0.207 e. The highest BCUT2D eigenvalue weighted by Crippen LogP contribution is 2.37. The standard InChI is InChI=1S/C19H21F/c20-19-12-5-4-10-18(19)14-15-7-6-11-17(13-15)16-8-2-1-3-9-16/h4-6,10-12,16H,1-3,8-9,13-14H2. The van der Waals surface area contributed by atoms with Crippen molar-refractivity contribution in [2.45, 2.75) is 44.9 Å². The fourth-order valence-corrected chi connectivity index (χ4v) is 3.36. The van der Waals surface area contributed by atoms with Gasteiger partial charge in [-0.15, -0.1) is 0 Å².